The Balaban J connectivity index is 2.02. The lowest BCUT2D eigenvalue weighted by Crippen LogP contribution is -2.46. The first-order valence-electron chi connectivity index (χ1n) is 8.57. The molecule has 1 saturated carbocycles. The van der Waals surface area contributed by atoms with Gasteiger partial charge in [0.1, 0.15) is 4.75 Å². The van der Waals surface area contributed by atoms with Crippen LogP contribution in [0, 0.1) is 16.7 Å². The summed E-state index contributed by atoms with van der Waals surface area (Å²) in [7, 11) is 0. The largest absolute Gasteiger partial charge is 0.598 e. The minimum Gasteiger partial charge on any atom is -0.598 e. The smallest absolute Gasteiger partial charge is 0.136 e. The van der Waals surface area contributed by atoms with Crippen molar-refractivity contribution in [3.8, 4) is 6.07 Å². The SMILES string of the molecule is CC(C)(C)[S+]([O-])N[C@@H]1c2c(C#N)cccc2CC12CCCCC2. The third kappa shape index (κ3) is 3.03. The van der Waals surface area contributed by atoms with Crippen LogP contribution >= 0.6 is 0 Å². The van der Waals surface area contributed by atoms with E-state index in [1.165, 1.54) is 24.8 Å². The lowest BCUT2D eigenvalue weighted by molar-refractivity contribution is 0.152. The molecule has 1 aromatic rings. The van der Waals surface area contributed by atoms with E-state index in [0.717, 1.165) is 30.4 Å². The summed E-state index contributed by atoms with van der Waals surface area (Å²) >= 11 is -1.13. The first kappa shape index (κ1) is 16.8. The first-order chi connectivity index (χ1) is 10.9. The van der Waals surface area contributed by atoms with Gasteiger partial charge in [-0.2, -0.15) is 5.26 Å². The fourth-order valence-electron chi connectivity index (χ4n) is 4.18. The zero-order chi connectivity index (χ0) is 16.7. The fraction of sp³-hybridized carbons (Fsp3) is 0.632. The van der Waals surface area contributed by atoms with Gasteiger partial charge in [0.25, 0.3) is 0 Å². The second-order valence-electron chi connectivity index (χ2n) is 8.02. The van der Waals surface area contributed by atoms with E-state index in [-0.39, 0.29) is 16.2 Å². The maximum absolute atomic E-state index is 12.8. The molecule has 0 amide bonds. The van der Waals surface area contributed by atoms with E-state index in [2.05, 4.69) is 16.9 Å². The molecule has 0 radical (unpaired) electrons. The lowest BCUT2D eigenvalue weighted by Gasteiger charge is -2.40. The third-order valence-electron chi connectivity index (χ3n) is 5.39. The highest BCUT2D eigenvalue weighted by molar-refractivity contribution is 7.90. The van der Waals surface area contributed by atoms with Gasteiger partial charge in [0.15, 0.2) is 0 Å². The molecular weight excluding hydrogens is 304 g/mol. The summed E-state index contributed by atoms with van der Waals surface area (Å²) in [6.07, 6.45) is 7.08. The zero-order valence-corrected chi connectivity index (χ0v) is 15.1. The Bertz CT molecular complexity index is 623. The van der Waals surface area contributed by atoms with Gasteiger partial charge in [-0.1, -0.05) is 31.4 Å². The van der Waals surface area contributed by atoms with Crippen LogP contribution in [0.5, 0.6) is 0 Å². The highest BCUT2D eigenvalue weighted by atomic mass is 32.2. The van der Waals surface area contributed by atoms with E-state index in [1.807, 2.05) is 32.9 Å². The Labute approximate surface area is 142 Å². The zero-order valence-electron chi connectivity index (χ0n) is 14.3. The van der Waals surface area contributed by atoms with Crippen molar-refractivity contribution in [1.29, 1.82) is 5.26 Å². The number of fused-ring (bicyclic) bond motifs is 1. The topological polar surface area (TPSA) is 58.9 Å². The normalized spacial score (nSPS) is 24.2. The highest BCUT2D eigenvalue weighted by Gasteiger charge is 2.50. The molecule has 0 saturated heterocycles. The Morgan fingerprint density at radius 1 is 1.26 bits per heavy atom. The molecule has 1 N–H and O–H groups in total. The van der Waals surface area contributed by atoms with Gasteiger partial charge in [-0.3, -0.25) is 0 Å². The fourth-order valence-corrected chi connectivity index (χ4v) is 5.12. The van der Waals surface area contributed by atoms with Crippen molar-refractivity contribution in [2.45, 2.75) is 70.1 Å². The van der Waals surface area contributed by atoms with Crippen molar-refractivity contribution in [2.75, 3.05) is 0 Å². The molecule has 4 heteroatoms. The van der Waals surface area contributed by atoms with E-state index in [4.69, 9.17) is 0 Å². The average Bonchev–Trinajstić information content (AvgIpc) is 2.80. The van der Waals surface area contributed by atoms with E-state index < -0.39 is 11.4 Å². The van der Waals surface area contributed by atoms with Crippen LogP contribution in [-0.4, -0.2) is 9.30 Å². The van der Waals surface area contributed by atoms with E-state index in [0.29, 0.717) is 0 Å². The highest BCUT2D eigenvalue weighted by Crippen LogP contribution is 2.55. The van der Waals surface area contributed by atoms with E-state index in [9.17, 15) is 9.81 Å². The van der Waals surface area contributed by atoms with Crippen molar-refractivity contribution in [1.82, 2.24) is 4.72 Å². The summed E-state index contributed by atoms with van der Waals surface area (Å²) in [6.45, 7) is 5.99. The molecule has 1 aromatic carbocycles. The first-order valence-corrected chi connectivity index (χ1v) is 9.72. The van der Waals surface area contributed by atoms with Gasteiger partial charge in [-0.05, 0) is 62.6 Å². The number of rotatable bonds is 2. The minimum atomic E-state index is -1.13. The van der Waals surface area contributed by atoms with Gasteiger partial charge in [0.2, 0.25) is 0 Å². The number of hydrogen-bond donors (Lipinski definition) is 1. The van der Waals surface area contributed by atoms with Crippen LogP contribution in [0.1, 0.15) is 75.6 Å². The molecule has 3 rings (SSSR count). The van der Waals surface area contributed by atoms with Crippen molar-refractivity contribution in [3.63, 3.8) is 0 Å². The Hall–Kier alpha value is -1.02. The predicted molar refractivity (Wildman–Crippen MR) is 94.2 cm³/mol. The summed E-state index contributed by atoms with van der Waals surface area (Å²) in [4.78, 5) is 0. The third-order valence-corrected chi connectivity index (χ3v) is 6.95. The van der Waals surface area contributed by atoms with Gasteiger partial charge in [0.05, 0.1) is 17.7 Å². The molecule has 0 bridgehead atoms. The molecule has 0 aromatic heterocycles. The Morgan fingerprint density at radius 3 is 2.57 bits per heavy atom. The lowest BCUT2D eigenvalue weighted by atomic mass is 9.69. The van der Waals surface area contributed by atoms with Gasteiger partial charge in [-0.15, -0.1) is 4.72 Å². The van der Waals surface area contributed by atoms with Crippen LogP contribution in [-0.2, 0) is 17.8 Å². The van der Waals surface area contributed by atoms with E-state index in [1.54, 1.807) is 0 Å². The van der Waals surface area contributed by atoms with Gasteiger partial charge < -0.3 is 4.55 Å². The molecule has 1 spiro atoms. The molecular formula is C19H26N2OS. The number of benzene rings is 1. The summed E-state index contributed by atoms with van der Waals surface area (Å²) in [5.41, 5.74) is 3.26. The molecule has 2 aliphatic carbocycles. The minimum absolute atomic E-state index is 0.0358. The number of nitrogens with zero attached hydrogens (tertiary/aromatic N) is 1. The molecule has 1 unspecified atom stereocenters. The molecule has 1 fully saturated rings. The van der Waals surface area contributed by atoms with E-state index >= 15 is 0 Å². The van der Waals surface area contributed by atoms with Gasteiger partial charge in [0, 0.05) is 11.4 Å². The summed E-state index contributed by atoms with van der Waals surface area (Å²) in [5.74, 6) is 0. The van der Waals surface area contributed by atoms with Gasteiger partial charge >= 0.3 is 0 Å². The van der Waals surface area contributed by atoms with Crippen LogP contribution < -0.4 is 4.72 Å². The molecule has 0 heterocycles. The molecule has 124 valence electrons. The standard InChI is InChI=1S/C19H26N2OS/c1-18(2,3)23(22)21-17-16-14(8-7-9-15(16)13-20)12-19(17)10-5-4-6-11-19/h7-9,17,21H,4-6,10-12H2,1-3H3/t17-,23?/m1/s1. The molecule has 2 atom stereocenters. The number of nitrogens with one attached hydrogen (secondary N) is 1. The number of nitriles is 1. The Morgan fingerprint density at radius 2 is 1.96 bits per heavy atom. The summed E-state index contributed by atoms with van der Waals surface area (Å²) < 4.78 is 15.9. The second-order valence-corrected chi connectivity index (χ2v) is 10.0. The molecule has 0 aliphatic heterocycles. The van der Waals surface area contributed by atoms with Crippen LogP contribution in [0.25, 0.3) is 0 Å². The quantitative estimate of drug-likeness (QED) is 0.828. The second kappa shape index (κ2) is 6.12. The summed E-state index contributed by atoms with van der Waals surface area (Å²) in [5, 5.41) is 9.55. The van der Waals surface area contributed by atoms with Crippen molar-refractivity contribution in [2.24, 2.45) is 5.41 Å². The van der Waals surface area contributed by atoms with Crippen LogP contribution in [0.15, 0.2) is 18.2 Å². The van der Waals surface area contributed by atoms with Crippen LogP contribution in [0.4, 0.5) is 0 Å². The Kier molecular flexibility index (Phi) is 4.48. The summed E-state index contributed by atoms with van der Waals surface area (Å²) in [6, 6.07) is 8.42. The maximum atomic E-state index is 12.8. The van der Waals surface area contributed by atoms with Crippen molar-refractivity contribution < 1.29 is 4.55 Å². The number of hydrogen-bond acceptors (Lipinski definition) is 3. The molecule has 23 heavy (non-hydrogen) atoms. The maximum Gasteiger partial charge on any atom is 0.136 e. The average molecular weight is 330 g/mol. The van der Waals surface area contributed by atoms with Crippen LogP contribution in [0.2, 0.25) is 0 Å². The monoisotopic (exact) mass is 330 g/mol. The van der Waals surface area contributed by atoms with Crippen molar-refractivity contribution >= 4 is 11.4 Å². The predicted octanol–water partition coefficient (Wildman–Crippen LogP) is 4.16. The molecule has 2 aliphatic rings. The van der Waals surface area contributed by atoms with Gasteiger partial charge in [-0.25, -0.2) is 0 Å². The van der Waals surface area contributed by atoms with Crippen molar-refractivity contribution in [3.05, 3.63) is 34.9 Å². The van der Waals surface area contributed by atoms with Crippen LogP contribution in [0.3, 0.4) is 0 Å². The molecule has 3 nitrogen and oxygen atoms in total.